The SMILES string of the molecule is C#CCC(=O)N1C[C@H](Nc2c(-c3nncs3)cnc3[nH]ccc23)CC[C@@H]1C. The number of carbonyl (C=O) groups is 1. The second-order valence-electron chi connectivity index (χ2n) is 6.73. The number of aromatic nitrogens is 4. The molecule has 3 aromatic rings. The predicted molar refractivity (Wildman–Crippen MR) is 106 cm³/mol. The molecule has 0 aromatic carbocycles. The van der Waals surface area contributed by atoms with Gasteiger partial charge in [-0.15, -0.1) is 16.6 Å². The Morgan fingerprint density at radius 1 is 1.52 bits per heavy atom. The molecular formula is C19H20N6OS. The summed E-state index contributed by atoms with van der Waals surface area (Å²) in [5.41, 5.74) is 4.42. The Morgan fingerprint density at radius 2 is 2.41 bits per heavy atom. The van der Waals surface area contributed by atoms with Gasteiger partial charge in [0, 0.05) is 36.4 Å². The number of hydrogen-bond donors (Lipinski definition) is 2. The molecule has 1 aliphatic heterocycles. The summed E-state index contributed by atoms with van der Waals surface area (Å²) in [5.74, 6) is 2.48. The monoisotopic (exact) mass is 380 g/mol. The molecule has 1 saturated heterocycles. The number of terminal acetylenes is 1. The lowest BCUT2D eigenvalue weighted by molar-refractivity contribution is -0.133. The predicted octanol–water partition coefficient (Wildman–Crippen LogP) is 2.90. The second kappa shape index (κ2) is 7.37. The van der Waals surface area contributed by atoms with Crippen LogP contribution in [0, 0.1) is 12.3 Å². The maximum absolute atomic E-state index is 12.4. The molecule has 0 bridgehead atoms. The van der Waals surface area contributed by atoms with Gasteiger partial charge in [0.2, 0.25) is 5.91 Å². The standard InChI is InChI=1S/C19H20N6OS/c1-3-4-16(26)25-10-13(6-5-12(25)2)23-17-14-7-8-20-18(14)21-9-15(17)19-24-22-11-27-19/h1,7-9,11-13H,4-6,10H2,2H3,(H2,20,21,23)/t12-,13+/m0/s1. The number of fused-ring (bicyclic) bond motifs is 1. The van der Waals surface area contributed by atoms with E-state index in [1.165, 1.54) is 11.3 Å². The minimum Gasteiger partial charge on any atom is -0.379 e. The number of carbonyl (C=O) groups excluding carboxylic acids is 1. The lowest BCUT2D eigenvalue weighted by Gasteiger charge is -2.38. The van der Waals surface area contributed by atoms with Crippen LogP contribution in [0.4, 0.5) is 5.69 Å². The van der Waals surface area contributed by atoms with Gasteiger partial charge in [0.25, 0.3) is 0 Å². The van der Waals surface area contributed by atoms with E-state index in [1.54, 1.807) is 5.51 Å². The van der Waals surface area contributed by atoms with Crippen LogP contribution in [0.2, 0.25) is 0 Å². The molecule has 0 saturated carbocycles. The molecule has 8 heteroatoms. The molecule has 1 fully saturated rings. The van der Waals surface area contributed by atoms with E-state index in [-0.39, 0.29) is 24.4 Å². The van der Waals surface area contributed by atoms with E-state index in [2.05, 4.69) is 38.3 Å². The van der Waals surface area contributed by atoms with Crippen LogP contribution in [0.1, 0.15) is 26.2 Å². The van der Waals surface area contributed by atoms with Gasteiger partial charge in [0.05, 0.1) is 17.7 Å². The highest BCUT2D eigenvalue weighted by molar-refractivity contribution is 7.12. The Balaban J connectivity index is 1.65. The third-order valence-electron chi connectivity index (χ3n) is 4.98. The first kappa shape index (κ1) is 17.5. The Bertz CT molecular complexity index is 989. The average Bonchev–Trinajstić information content (AvgIpc) is 3.35. The number of piperidine rings is 1. The minimum atomic E-state index is 0.0161. The Kier molecular flexibility index (Phi) is 4.77. The number of amides is 1. The quantitative estimate of drug-likeness (QED) is 0.680. The topological polar surface area (TPSA) is 86.8 Å². The van der Waals surface area contributed by atoms with Gasteiger partial charge in [-0.3, -0.25) is 4.79 Å². The van der Waals surface area contributed by atoms with Crippen molar-refractivity contribution >= 4 is 34.0 Å². The van der Waals surface area contributed by atoms with Crippen molar-refractivity contribution in [2.75, 3.05) is 11.9 Å². The molecule has 27 heavy (non-hydrogen) atoms. The fraction of sp³-hybridized carbons (Fsp3) is 0.368. The first-order chi connectivity index (χ1) is 13.2. The van der Waals surface area contributed by atoms with Crippen molar-refractivity contribution in [2.45, 2.75) is 38.3 Å². The fourth-order valence-corrected chi connectivity index (χ4v) is 4.15. The molecule has 0 radical (unpaired) electrons. The zero-order valence-electron chi connectivity index (χ0n) is 15.0. The third kappa shape index (κ3) is 3.38. The average molecular weight is 380 g/mol. The molecule has 4 rings (SSSR count). The van der Waals surface area contributed by atoms with E-state index >= 15 is 0 Å². The number of pyridine rings is 1. The molecule has 7 nitrogen and oxygen atoms in total. The Labute approximate surface area is 161 Å². The van der Waals surface area contributed by atoms with Gasteiger partial charge in [0.15, 0.2) is 5.01 Å². The number of nitrogens with one attached hydrogen (secondary N) is 2. The van der Waals surface area contributed by atoms with Crippen LogP contribution in [0.5, 0.6) is 0 Å². The lowest BCUT2D eigenvalue weighted by Crippen LogP contribution is -2.49. The highest BCUT2D eigenvalue weighted by Crippen LogP contribution is 2.35. The summed E-state index contributed by atoms with van der Waals surface area (Å²) >= 11 is 1.48. The normalized spacial score (nSPS) is 19.8. The van der Waals surface area contributed by atoms with Gasteiger partial charge < -0.3 is 15.2 Å². The molecule has 2 N–H and O–H groups in total. The fourth-order valence-electron chi connectivity index (χ4n) is 3.58. The number of aromatic amines is 1. The van der Waals surface area contributed by atoms with Gasteiger partial charge in [-0.1, -0.05) is 17.3 Å². The van der Waals surface area contributed by atoms with E-state index in [0.717, 1.165) is 40.1 Å². The first-order valence-corrected chi connectivity index (χ1v) is 9.77. The molecule has 1 aliphatic rings. The van der Waals surface area contributed by atoms with E-state index < -0.39 is 0 Å². The van der Waals surface area contributed by atoms with Crippen molar-refractivity contribution in [3.63, 3.8) is 0 Å². The van der Waals surface area contributed by atoms with E-state index in [9.17, 15) is 4.79 Å². The van der Waals surface area contributed by atoms with Gasteiger partial charge in [-0.25, -0.2) is 4.98 Å². The summed E-state index contributed by atoms with van der Waals surface area (Å²) in [6, 6.07) is 2.34. The number of likely N-dealkylation sites (tertiary alicyclic amines) is 1. The summed E-state index contributed by atoms with van der Waals surface area (Å²) in [6.07, 6.45) is 11.1. The number of anilines is 1. The van der Waals surface area contributed by atoms with Crippen molar-refractivity contribution in [3.8, 4) is 22.9 Å². The zero-order valence-corrected chi connectivity index (χ0v) is 15.8. The van der Waals surface area contributed by atoms with Crippen molar-refractivity contribution in [1.82, 2.24) is 25.1 Å². The smallest absolute Gasteiger partial charge is 0.234 e. The number of H-pyrrole nitrogens is 1. The van der Waals surface area contributed by atoms with Crippen molar-refractivity contribution in [1.29, 1.82) is 0 Å². The second-order valence-corrected chi connectivity index (χ2v) is 7.56. The molecule has 4 heterocycles. The molecule has 0 aliphatic carbocycles. The lowest BCUT2D eigenvalue weighted by atomic mass is 9.98. The van der Waals surface area contributed by atoms with Crippen LogP contribution in [0.15, 0.2) is 24.0 Å². The van der Waals surface area contributed by atoms with Gasteiger partial charge in [0.1, 0.15) is 11.2 Å². The Morgan fingerprint density at radius 3 is 3.19 bits per heavy atom. The third-order valence-corrected chi connectivity index (χ3v) is 5.71. The van der Waals surface area contributed by atoms with Gasteiger partial charge >= 0.3 is 0 Å². The van der Waals surface area contributed by atoms with E-state index in [1.807, 2.05) is 23.4 Å². The van der Waals surface area contributed by atoms with Crippen LogP contribution in [-0.4, -0.2) is 49.6 Å². The van der Waals surface area contributed by atoms with Crippen LogP contribution in [-0.2, 0) is 4.79 Å². The summed E-state index contributed by atoms with van der Waals surface area (Å²) in [4.78, 5) is 21.9. The van der Waals surface area contributed by atoms with Crippen molar-refractivity contribution in [3.05, 3.63) is 24.0 Å². The molecule has 0 spiro atoms. The maximum Gasteiger partial charge on any atom is 0.234 e. The van der Waals surface area contributed by atoms with Crippen molar-refractivity contribution < 1.29 is 4.79 Å². The van der Waals surface area contributed by atoms with Crippen LogP contribution in [0.3, 0.4) is 0 Å². The van der Waals surface area contributed by atoms with E-state index in [0.29, 0.717) is 6.54 Å². The summed E-state index contributed by atoms with van der Waals surface area (Å²) < 4.78 is 0. The zero-order chi connectivity index (χ0) is 18.8. The molecular weight excluding hydrogens is 360 g/mol. The summed E-state index contributed by atoms with van der Waals surface area (Å²) in [7, 11) is 0. The number of nitrogens with zero attached hydrogens (tertiary/aromatic N) is 4. The molecule has 0 unspecified atom stereocenters. The first-order valence-electron chi connectivity index (χ1n) is 8.89. The van der Waals surface area contributed by atoms with Crippen LogP contribution >= 0.6 is 11.3 Å². The largest absolute Gasteiger partial charge is 0.379 e. The molecule has 1 amide bonds. The van der Waals surface area contributed by atoms with Crippen LogP contribution < -0.4 is 5.32 Å². The maximum atomic E-state index is 12.4. The highest BCUT2D eigenvalue weighted by Gasteiger charge is 2.29. The molecule has 3 aromatic heterocycles. The van der Waals surface area contributed by atoms with Gasteiger partial charge in [-0.2, -0.15) is 0 Å². The molecule has 2 atom stereocenters. The summed E-state index contributed by atoms with van der Waals surface area (Å²) in [5, 5.41) is 13.6. The van der Waals surface area contributed by atoms with Gasteiger partial charge in [-0.05, 0) is 25.8 Å². The summed E-state index contributed by atoms with van der Waals surface area (Å²) in [6.45, 7) is 2.71. The Hall–Kier alpha value is -2.92. The van der Waals surface area contributed by atoms with Crippen LogP contribution in [0.25, 0.3) is 21.6 Å². The van der Waals surface area contributed by atoms with E-state index in [4.69, 9.17) is 6.42 Å². The molecule has 138 valence electrons. The van der Waals surface area contributed by atoms with Crippen molar-refractivity contribution in [2.24, 2.45) is 0 Å². The minimum absolute atomic E-state index is 0.0161. The highest BCUT2D eigenvalue weighted by atomic mass is 32.1. The number of rotatable bonds is 4. The number of hydrogen-bond acceptors (Lipinski definition) is 6.